The van der Waals surface area contributed by atoms with E-state index in [1.165, 1.54) is 12.1 Å². The molecule has 2 rings (SSSR count). The van der Waals surface area contributed by atoms with Crippen LogP contribution < -0.4 is 10.6 Å². The lowest BCUT2D eigenvalue weighted by molar-refractivity contribution is -0.384. The van der Waals surface area contributed by atoms with E-state index in [4.69, 9.17) is 0 Å². The van der Waals surface area contributed by atoms with E-state index >= 15 is 0 Å². The molecule has 0 aromatic heterocycles. The maximum absolute atomic E-state index is 11.7. The van der Waals surface area contributed by atoms with Crippen LogP contribution in [0.4, 0.5) is 5.69 Å². The standard InChI is InChI=1S/C13H17N3O3/c1-9-6-7-14-13(17)12(9)15-8-10-2-4-11(5-3-10)16(18)19/h2-5,9,12,15H,6-8H2,1H3,(H,14,17)/t9-,12+/m0/s1. The summed E-state index contributed by atoms with van der Waals surface area (Å²) in [6.45, 7) is 3.31. The van der Waals surface area contributed by atoms with Gasteiger partial charge in [0.1, 0.15) is 0 Å². The van der Waals surface area contributed by atoms with Crippen LogP contribution in [-0.4, -0.2) is 23.4 Å². The number of hydrogen-bond acceptors (Lipinski definition) is 4. The van der Waals surface area contributed by atoms with Crippen LogP contribution in [0, 0.1) is 16.0 Å². The van der Waals surface area contributed by atoms with Gasteiger partial charge in [0, 0.05) is 25.2 Å². The van der Waals surface area contributed by atoms with Crippen molar-refractivity contribution in [2.45, 2.75) is 25.9 Å². The fraction of sp³-hybridized carbons (Fsp3) is 0.462. The van der Waals surface area contributed by atoms with Crippen molar-refractivity contribution in [3.8, 4) is 0 Å². The minimum atomic E-state index is -0.423. The number of nitrogens with one attached hydrogen (secondary N) is 2. The van der Waals surface area contributed by atoms with Crippen LogP contribution in [0.3, 0.4) is 0 Å². The number of nitro benzene ring substituents is 1. The number of benzene rings is 1. The lowest BCUT2D eigenvalue weighted by Gasteiger charge is -2.29. The Hall–Kier alpha value is -1.95. The number of piperidine rings is 1. The van der Waals surface area contributed by atoms with Gasteiger partial charge in [0.05, 0.1) is 11.0 Å². The Morgan fingerprint density at radius 3 is 2.68 bits per heavy atom. The first kappa shape index (κ1) is 13.5. The molecule has 102 valence electrons. The summed E-state index contributed by atoms with van der Waals surface area (Å²) in [7, 11) is 0. The fourth-order valence-corrected chi connectivity index (χ4v) is 2.22. The lowest BCUT2D eigenvalue weighted by Crippen LogP contribution is -2.52. The summed E-state index contributed by atoms with van der Waals surface area (Å²) in [5, 5.41) is 16.6. The van der Waals surface area contributed by atoms with Crippen LogP contribution >= 0.6 is 0 Å². The van der Waals surface area contributed by atoms with Crippen LogP contribution in [0.15, 0.2) is 24.3 Å². The van der Waals surface area contributed by atoms with Crippen molar-refractivity contribution in [3.63, 3.8) is 0 Å². The molecule has 1 aromatic carbocycles. The third-order valence-corrected chi connectivity index (χ3v) is 3.42. The summed E-state index contributed by atoms with van der Waals surface area (Å²) in [5.74, 6) is 0.326. The molecular formula is C13H17N3O3. The highest BCUT2D eigenvalue weighted by Gasteiger charge is 2.27. The fourth-order valence-electron chi connectivity index (χ4n) is 2.22. The van der Waals surface area contributed by atoms with Crippen molar-refractivity contribution in [2.24, 2.45) is 5.92 Å². The highest BCUT2D eigenvalue weighted by molar-refractivity contribution is 5.82. The first-order chi connectivity index (χ1) is 9.08. The Morgan fingerprint density at radius 2 is 2.11 bits per heavy atom. The van der Waals surface area contributed by atoms with Gasteiger partial charge in [-0.15, -0.1) is 0 Å². The average Bonchev–Trinajstić information content (AvgIpc) is 2.38. The molecule has 0 aliphatic carbocycles. The predicted molar refractivity (Wildman–Crippen MR) is 70.5 cm³/mol. The molecule has 2 N–H and O–H groups in total. The maximum Gasteiger partial charge on any atom is 0.269 e. The van der Waals surface area contributed by atoms with E-state index in [2.05, 4.69) is 10.6 Å². The van der Waals surface area contributed by atoms with E-state index < -0.39 is 4.92 Å². The molecule has 1 heterocycles. The average molecular weight is 263 g/mol. The van der Waals surface area contributed by atoms with Gasteiger partial charge in [-0.3, -0.25) is 14.9 Å². The molecule has 19 heavy (non-hydrogen) atoms. The first-order valence-electron chi connectivity index (χ1n) is 6.32. The molecule has 0 radical (unpaired) electrons. The molecule has 1 aliphatic heterocycles. The second kappa shape index (κ2) is 5.79. The van der Waals surface area contributed by atoms with Crippen LogP contribution in [-0.2, 0) is 11.3 Å². The molecule has 1 aromatic rings. The predicted octanol–water partition coefficient (Wildman–Crippen LogP) is 1.21. The van der Waals surface area contributed by atoms with Crippen LogP contribution in [0.5, 0.6) is 0 Å². The van der Waals surface area contributed by atoms with E-state index in [-0.39, 0.29) is 17.6 Å². The minimum Gasteiger partial charge on any atom is -0.355 e. The van der Waals surface area contributed by atoms with E-state index in [0.717, 1.165) is 18.5 Å². The molecule has 6 heteroatoms. The van der Waals surface area contributed by atoms with Crippen molar-refractivity contribution < 1.29 is 9.72 Å². The summed E-state index contributed by atoms with van der Waals surface area (Å²) < 4.78 is 0. The summed E-state index contributed by atoms with van der Waals surface area (Å²) >= 11 is 0. The van der Waals surface area contributed by atoms with Gasteiger partial charge >= 0.3 is 0 Å². The van der Waals surface area contributed by atoms with Gasteiger partial charge in [0.15, 0.2) is 0 Å². The number of carbonyl (C=O) groups is 1. The monoisotopic (exact) mass is 263 g/mol. The zero-order valence-electron chi connectivity index (χ0n) is 10.8. The van der Waals surface area contributed by atoms with E-state index in [9.17, 15) is 14.9 Å². The number of amides is 1. The van der Waals surface area contributed by atoms with Crippen molar-refractivity contribution in [1.29, 1.82) is 0 Å². The Kier molecular flexibility index (Phi) is 4.11. The van der Waals surface area contributed by atoms with Gasteiger partial charge in [0.2, 0.25) is 5.91 Å². The van der Waals surface area contributed by atoms with Gasteiger partial charge in [0.25, 0.3) is 5.69 Å². The minimum absolute atomic E-state index is 0.0284. The van der Waals surface area contributed by atoms with Crippen LogP contribution in [0.1, 0.15) is 18.9 Å². The zero-order valence-corrected chi connectivity index (χ0v) is 10.8. The number of nitrogens with zero attached hydrogens (tertiary/aromatic N) is 1. The Morgan fingerprint density at radius 1 is 1.42 bits per heavy atom. The Balaban J connectivity index is 1.94. The molecule has 0 unspecified atom stereocenters. The summed E-state index contributed by atoms with van der Waals surface area (Å²) in [6.07, 6.45) is 0.962. The van der Waals surface area contributed by atoms with Gasteiger partial charge in [-0.05, 0) is 17.9 Å². The summed E-state index contributed by atoms with van der Waals surface area (Å²) in [5.41, 5.74) is 1.00. The van der Waals surface area contributed by atoms with Crippen molar-refractivity contribution in [2.75, 3.05) is 6.54 Å². The second-order valence-corrected chi connectivity index (χ2v) is 4.84. The largest absolute Gasteiger partial charge is 0.355 e. The lowest BCUT2D eigenvalue weighted by atomic mass is 9.94. The number of hydrogen-bond donors (Lipinski definition) is 2. The SMILES string of the molecule is C[C@H]1CCNC(=O)[C@@H]1NCc1ccc([N+](=O)[O-])cc1. The van der Waals surface area contributed by atoms with Crippen LogP contribution in [0.2, 0.25) is 0 Å². The number of nitro groups is 1. The third-order valence-electron chi connectivity index (χ3n) is 3.42. The molecule has 1 aliphatic rings. The Bertz CT molecular complexity index is 473. The van der Waals surface area contributed by atoms with Crippen molar-refractivity contribution >= 4 is 11.6 Å². The molecule has 1 amide bonds. The molecule has 1 saturated heterocycles. The number of non-ortho nitro benzene ring substituents is 1. The quantitative estimate of drug-likeness (QED) is 0.631. The molecule has 0 saturated carbocycles. The smallest absolute Gasteiger partial charge is 0.269 e. The number of rotatable bonds is 4. The zero-order chi connectivity index (χ0) is 13.8. The van der Waals surface area contributed by atoms with Crippen molar-refractivity contribution in [1.82, 2.24) is 10.6 Å². The first-order valence-corrected chi connectivity index (χ1v) is 6.32. The second-order valence-electron chi connectivity index (χ2n) is 4.84. The van der Waals surface area contributed by atoms with Crippen LogP contribution in [0.25, 0.3) is 0 Å². The Labute approximate surface area is 111 Å². The molecule has 6 nitrogen and oxygen atoms in total. The van der Waals surface area contributed by atoms with E-state index in [0.29, 0.717) is 12.5 Å². The highest BCUT2D eigenvalue weighted by atomic mass is 16.6. The maximum atomic E-state index is 11.7. The van der Waals surface area contributed by atoms with Gasteiger partial charge in [-0.1, -0.05) is 19.1 Å². The van der Waals surface area contributed by atoms with E-state index in [1.807, 2.05) is 6.92 Å². The molecule has 2 atom stereocenters. The topological polar surface area (TPSA) is 84.3 Å². The van der Waals surface area contributed by atoms with Gasteiger partial charge in [-0.2, -0.15) is 0 Å². The van der Waals surface area contributed by atoms with E-state index in [1.54, 1.807) is 12.1 Å². The van der Waals surface area contributed by atoms with Crippen molar-refractivity contribution in [3.05, 3.63) is 39.9 Å². The molecular weight excluding hydrogens is 246 g/mol. The van der Waals surface area contributed by atoms with Gasteiger partial charge in [-0.25, -0.2) is 0 Å². The molecule has 0 spiro atoms. The third kappa shape index (κ3) is 3.29. The number of carbonyl (C=O) groups excluding carboxylic acids is 1. The molecule has 0 bridgehead atoms. The van der Waals surface area contributed by atoms with Gasteiger partial charge < -0.3 is 10.6 Å². The normalized spacial score (nSPS) is 22.9. The summed E-state index contributed by atoms with van der Waals surface area (Å²) in [4.78, 5) is 21.8. The molecule has 1 fully saturated rings. The summed E-state index contributed by atoms with van der Waals surface area (Å²) in [6, 6.07) is 6.17. The highest BCUT2D eigenvalue weighted by Crippen LogP contribution is 2.15.